The van der Waals surface area contributed by atoms with Gasteiger partial charge >= 0.3 is 5.97 Å². The molecule has 2 unspecified atom stereocenters. The lowest BCUT2D eigenvalue weighted by atomic mass is 10.0. The zero-order valence-corrected chi connectivity index (χ0v) is 52.7. The lowest BCUT2D eigenvalue weighted by Gasteiger charge is -2.22. The van der Waals surface area contributed by atoms with E-state index in [1.165, 1.54) is 347 Å². The van der Waals surface area contributed by atoms with Crippen LogP contribution >= 0.6 is 0 Å². The van der Waals surface area contributed by atoms with Crippen molar-refractivity contribution in [3.8, 4) is 0 Å². The molecule has 0 saturated heterocycles. The minimum atomic E-state index is -0.665. The summed E-state index contributed by atoms with van der Waals surface area (Å²) in [5.41, 5.74) is 0. The Morgan fingerprint density at radius 3 is 0.792 bits per heavy atom. The van der Waals surface area contributed by atoms with Crippen molar-refractivity contribution < 1.29 is 24.5 Å². The first-order chi connectivity index (χ1) is 38.0. The lowest BCUT2D eigenvalue weighted by Crippen LogP contribution is -2.45. The van der Waals surface area contributed by atoms with Crippen LogP contribution in [0.5, 0.6) is 0 Å². The van der Waals surface area contributed by atoms with E-state index in [9.17, 15) is 19.8 Å². The summed E-state index contributed by atoms with van der Waals surface area (Å²) < 4.78 is 5.51. The number of nitrogens with one attached hydrogen (secondary N) is 1. The van der Waals surface area contributed by atoms with Crippen LogP contribution in [-0.4, -0.2) is 47.4 Å². The molecule has 0 heterocycles. The highest BCUT2D eigenvalue weighted by atomic mass is 16.5. The minimum Gasteiger partial charge on any atom is -0.466 e. The first kappa shape index (κ1) is 75.9. The first-order valence-corrected chi connectivity index (χ1v) is 35.8. The normalized spacial score (nSPS) is 12.4. The third kappa shape index (κ3) is 63.9. The van der Waals surface area contributed by atoms with Gasteiger partial charge in [-0.1, -0.05) is 380 Å². The monoisotopic (exact) mass is 1090 g/mol. The number of carbonyl (C=O) groups excluding carboxylic acids is 2. The van der Waals surface area contributed by atoms with Gasteiger partial charge in [-0.25, -0.2) is 0 Å². The van der Waals surface area contributed by atoms with Gasteiger partial charge in [-0.2, -0.15) is 0 Å². The summed E-state index contributed by atoms with van der Waals surface area (Å²) >= 11 is 0. The predicted octanol–water partition coefficient (Wildman–Crippen LogP) is 23.0. The average Bonchev–Trinajstić information content (AvgIpc) is 3.43. The molecule has 6 heteroatoms. The number of aliphatic hydroxyl groups is 2. The van der Waals surface area contributed by atoms with Crippen LogP contribution in [0.15, 0.2) is 0 Å². The summed E-state index contributed by atoms with van der Waals surface area (Å²) in [6, 6.07) is -0.542. The van der Waals surface area contributed by atoms with Crippen molar-refractivity contribution in [1.82, 2.24) is 5.32 Å². The maximum Gasteiger partial charge on any atom is 0.305 e. The molecule has 0 fully saturated rings. The van der Waals surface area contributed by atoms with Crippen LogP contribution in [0.2, 0.25) is 0 Å². The Morgan fingerprint density at radius 2 is 0.532 bits per heavy atom. The van der Waals surface area contributed by atoms with E-state index in [0.717, 1.165) is 38.5 Å². The molecule has 6 nitrogen and oxygen atoms in total. The van der Waals surface area contributed by atoms with E-state index < -0.39 is 12.1 Å². The Labute approximate surface area is 483 Å². The van der Waals surface area contributed by atoms with Gasteiger partial charge in [-0.05, 0) is 25.7 Å². The Balaban J connectivity index is 3.36. The van der Waals surface area contributed by atoms with Gasteiger partial charge in [0.1, 0.15) is 0 Å². The summed E-state index contributed by atoms with van der Waals surface area (Å²) in [7, 11) is 0. The van der Waals surface area contributed by atoms with Crippen molar-refractivity contribution in [3.63, 3.8) is 0 Å². The molecule has 0 radical (unpaired) electrons. The number of hydrogen-bond donors (Lipinski definition) is 3. The second-order valence-electron chi connectivity index (χ2n) is 24.9. The number of ether oxygens (including phenoxy) is 1. The number of esters is 1. The molecular formula is C71H141NO5. The Kier molecular flexibility index (Phi) is 66.4. The van der Waals surface area contributed by atoms with Crippen molar-refractivity contribution in [2.24, 2.45) is 0 Å². The molecule has 0 aliphatic heterocycles. The van der Waals surface area contributed by atoms with Crippen molar-refractivity contribution in [2.75, 3.05) is 13.2 Å². The Bertz CT molecular complexity index is 1120. The van der Waals surface area contributed by atoms with Gasteiger partial charge < -0.3 is 20.3 Å². The number of rotatable bonds is 68. The first-order valence-electron chi connectivity index (χ1n) is 35.8. The van der Waals surface area contributed by atoms with Crippen LogP contribution in [0.4, 0.5) is 0 Å². The molecule has 0 aromatic heterocycles. The highest BCUT2D eigenvalue weighted by Crippen LogP contribution is 2.20. The zero-order valence-electron chi connectivity index (χ0n) is 52.7. The van der Waals surface area contributed by atoms with E-state index in [4.69, 9.17) is 4.74 Å². The summed E-state index contributed by atoms with van der Waals surface area (Å²) in [5.74, 6) is -0.0122. The second-order valence-corrected chi connectivity index (χ2v) is 24.9. The van der Waals surface area contributed by atoms with E-state index in [2.05, 4.69) is 19.2 Å². The van der Waals surface area contributed by atoms with Crippen LogP contribution in [0.1, 0.15) is 418 Å². The molecule has 460 valence electrons. The number of aliphatic hydroxyl groups excluding tert-OH is 2. The molecule has 0 aliphatic rings. The molecule has 0 aliphatic carbocycles. The SMILES string of the molecule is CCCCCCCCCCCCCCCCCCCCCCCC(O)C(CO)NC(=O)CCCCCCCCCCCCCCCCCCCCCCCOC(=O)CCCCCCCCCCCCCCCCCCCC. The van der Waals surface area contributed by atoms with Crippen molar-refractivity contribution in [2.45, 2.75) is 431 Å². The maximum absolute atomic E-state index is 12.5. The number of hydrogen-bond acceptors (Lipinski definition) is 5. The Morgan fingerprint density at radius 1 is 0.312 bits per heavy atom. The van der Waals surface area contributed by atoms with Crippen molar-refractivity contribution >= 4 is 11.9 Å². The molecule has 1 amide bonds. The van der Waals surface area contributed by atoms with Gasteiger partial charge in [0.2, 0.25) is 5.91 Å². The largest absolute Gasteiger partial charge is 0.466 e. The Hall–Kier alpha value is -1.14. The van der Waals surface area contributed by atoms with Crippen LogP contribution in [0, 0.1) is 0 Å². The van der Waals surface area contributed by atoms with Gasteiger partial charge in [0.25, 0.3) is 0 Å². The fourth-order valence-corrected chi connectivity index (χ4v) is 11.7. The van der Waals surface area contributed by atoms with Crippen LogP contribution in [0.25, 0.3) is 0 Å². The van der Waals surface area contributed by atoms with E-state index >= 15 is 0 Å². The third-order valence-electron chi connectivity index (χ3n) is 17.2. The van der Waals surface area contributed by atoms with Crippen LogP contribution in [-0.2, 0) is 14.3 Å². The van der Waals surface area contributed by atoms with E-state index in [1.54, 1.807) is 0 Å². The van der Waals surface area contributed by atoms with Crippen LogP contribution < -0.4 is 5.32 Å². The maximum atomic E-state index is 12.5. The number of unbranched alkanes of at least 4 members (excludes halogenated alkanes) is 57. The number of carbonyl (C=O) groups is 2. The van der Waals surface area contributed by atoms with Gasteiger partial charge in [-0.3, -0.25) is 9.59 Å². The summed E-state index contributed by atoms with van der Waals surface area (Å²) in [6.07, 6.45) is 81.5. The molecule has 0 aromatic carbocycles. The molecule has 2 atom stereocenters. The van der Waals surface area contributed by atoms with Crippen molar-refractivity contribution in [3.05, 3.63) is 0 Å². The van der Waals surface area contributed by atoms with E-state index in [1.807, 2.05) is 0 Å². The van der Waals surface area contributed by atoms with E-state index in [0.29, 0.717) is 25.9 Å². The predicted molar refractivity (Wildman–Crippen MR) is 338 cm³/mol. The molecule has 0 aromatic rings. The van der Waals surface area contributed by atoms with Crippen LogP contribution in [0.3, 0.4) is 0 Å². The highest BCUT2D eigenvalue weighted by molar-refractivity contribution is 5.76. The molecule has 77 heavy (non-hydrogen) atoms. The molecule has 0 saturated carbocycles. The summed E-state index contributed by atoms with van der Waals surface area (Å²) in [5, 5.41) is 23.4. The summed E-state index contributed by atoms with van der Waals surface area (Å²) in [6.45, 7) is 5.01. The zero-order chi connectivity index (χ0) is 55.7. The number of amides is 1. The quantitative estimate of drug-likeness (QED) is 0.0417. The van der Waals surface area contributed by atoms with Gasteiger partial charge in [-0.15, -0.1) is 0 Å². The minimum absolute atomic E-state index is 0.0181. The fraction of sp³-hybridized carbons (Fsp3) is 0.972. The standard InChI is InChI=1S/C71H141NO5/c1-3-5-7-9-11-13-15-17-19-21-23-25-28-31-35-39-43-47-51-55-59-63-69(74)68(67-73)72-70(75)64-60-56-52-48-44-40-36-32-29-26-24-27-30-34-38-42-46-50-54-58-62-66-77-71(76)65-61-57-53-49-45-41-37-33-22-20-18-16-14-12-10-8-6-4-2/h68-69,73-74H,3-67H2,1-2H3,(H,72,75). The van der Waals surface area contributed by atoms with Gasteiger partial charge in [0.15, 0.2) is 0 Å². The molecule has 0 bridgehead atoms. The smallest absolute Gasteiger partial charge is 0.305 e. The average molecular weight is 1090 g/mol. The highest BCUT2D eigenvalue weighted by Gasteiger charge is 2.20. The van der Waals surface area contributed by atoms with Crippen molar-refractivity contribution in [1.29, 1.82) is 0 Å². The molecule has 3 N–H and O–H groups in total. The molecule has 0 spiro atoms. The van der Waals surface area contributed by atoms with Gasteiger partial charge in [0.05, 0.1) is 25.4 Å². The molecular weight excluding hydrogens is 947 g/mol. The lowest BCUT2D eigenvalue weighted by molar-refractivity contribution is -0.143. The topological polar surface area (TPSA) is 95.9 Å². The van der Waals surface area contributed by atoms with E-state index in [-0.39, 0.29) is 18.5 Å². The second kappa shape index (κ2) is 67.4. The fourth-order valence-electron chi connectivity index (χ4n) is 11.7. The third-order valence-corrected chi connectivity index (χ3v) is 17.2. The summed E-state index contributed by atoms with van der Waals surface area (Å²) in [4.78, 5) is 24.7. The van der Waals surface area contributed by atoms with Gasteiger partial charge in [0, 0.05) is 12.8 Å². The molecule has 0 rings (SSSR count).